The van der Waals surface area contributed by atoms with E-state index in [1.165, 1.54) is 48.5 Å². The van der Waals surface area contributed by atoms with Crippen molar-refractivity contribution in [3.05, 3.63) is 369 Å². The summed E-state index contributed by atoms with van der Waals surface area (Å²) in [4.78, 5) is 112. The topological polar surface area (TPSA) is 261 Å². The van der Waals surface area contributed by atoms with E-state index in [1.54, 1.807) is 48.5 Å². The summed E-state index contributed by atoms with van der Waals surface area (Å²) in [6.07, 6.45) is 15.9. The maximum Gasteiger partial charge on any atom is 0.269 e. The van der Waals surface area contributed by atoms with Crippen LogP contribution in [0.4, 0.5) is 22.7 Å². The summed E-state index contributed by atoms with van der Waals surface area (Å²) in [6.45, 7) is 48.5. The lowest BCUT2D eigenvalue weighted by Crippen LogP contribution is -2.28. The number of hydrogen-bond donors (Lipinski definition) is 0. The molecule has 5 heterocycles. The fourth-order valence-electron chi connectivity index (χ4n) is 17.2. The van der Waals surface area contributed by atoms with Crippen LogP contribution in [0.2, 0.25) is 0 Å². The average Bonchev–Trinajstić information content (AvgIpc) is 1.54. The first-order chi connectivity index (χ1) is 57.5. The lowest BCUT2D eigenvalue weighted by Gasteiger charge is -2.33. The van der Waals surface area contributed by atoms with E-state index in [9.17, 15) is 40.5 Å². The van der Waals surface area contributed by atoms with Crippen molar-refractivity contribution in [3.63, 3.8) is 0 Å². The third-order valence-electron chi connectivity index (χ3n) is 23.9. The van der Waals surface area contributed by atoms with Crippen molar-refractivity contribution in [2.75, 3.05) is 0 Å². The number of Topliss-reactive ketones (excluding diaryl/α,β-unsaturated/α-hetero) is 4. The Bertz CT molecular complexity index is 5290. The zero-order valence-corrected chi connectivity index (χ0v) is 75.8. The summed E-state index contributed by atoms with van der Waals surface area (Å²) in [5.74, 6) is -0.542. The Hall–Kier alpha value is -12.8. The SMILES string of the molecule is CC(C)(C)C1=CC(=C2c3ccc(n3Cc3ccc([N+](=O)[O-])cc3)C(=C3C=C(C(C)(C)C)C(=O)C(C(C)(C)C)=C3)c3ccc(n3Cc3ccc([N+](=O)[O-])cc3)C(=C3C=C(C(C)(C)C)C(=O)C(C(C)(C)C)=C3)c3ccc(n3Cc3ccc([N+](=O)[O-])cc3)C(=C3C=C(C(C)(C)C)C(=O)C(C(C)(C)C)=C3)c3ccc2n3Cc2ccc([N+](=O)[O-])cc2)C=C(C(C)(C)C)C1=O. The molecule has 4 aromatic carbocycles. The first kappa shape index (κ1) is 88.9. The van der Waals surface area contributed by atoms with Gasteiger partial charge in [0.1, 0.15) is 0 Å². The third kappa shape index (κ3) is 17.4. The molecule has 0 unspecified atom stereocenters. The third-order valence-corrected chi connectivity index (χ3v) is 23.9. The fraction of sp³-hybridized carbons (Fsp3) is 0.346. The number of aromatic nitrogens is 4. The van der Waals surface area contributed by atoms with Crippen LogP contribution in [-0.4, -0.2) is 61.1 Å². The number of carbonyl (C=O) groups is 4. The van der Waals surface area contributed by atoms with Gasteiger partial charge in [0.15, 0.2) is 23.1 Å². The molecule has 8 bridgehead atoms. The molecule has 0 saturated carbocycles. The van der Waals surface area contributed by atoms with Crippen LogP contribution in [0.15, 0.2) is 261 Å². The van der Waals surface area contributed by atoms with Gasteiger partial charge in [0.2, 0.25) is 0 Å². The van der Waals surface area contributed by atoms with Crippen LogP contribution in [0.1, 0.15) is 234 Å². The standard InChI is InChI=1S/C104H112N8O12/c1-97(2,3)73-49-65(50-74(93(73)113)98(4,5)6)89-81-41-43-83(105(81)57-61-25-33-69(34-26-61)109(117)118)90(66-51-75(99(7,8)9)94(114)76(52-66)100(10,11)12)85-45-47-87(107(85)59-63-29-37-71(38-30-63)111(121)122)92(68-55-79(103(19,20)21)96(116)80(56-68)104(22,23)24)88-48-46-86(108(88)60-64-31-39-72(40-32-64)112(123)124)91(67-53-77(101(13,14)15)95(115)78(54-67)102(16,17)18)84-44-42-82(89)106(84)58-62-27-35-70(36-28-62)110(119)120/h25-56H,57-60H2,1-24H3. The van der Waals surface area contributed by atoms with Gasteiger partial charge >= 0.3 is 0 Å². The first-order valence-corrected chi connectivity index (χ1v) is 42.2. The number of nitrogens with zero attached hydrogens (tertiary/aromatic N) is 8. The van der Waals surface area contributed by atoms with Gasteiger partial charge in [0.25, 0.3) is 22.7 Å². The monoisotopic (exact) mass is 1660 g/mol. The predicted molar refractivity (Wildman–Crippen MR) is 491 cm³/mol. The molecule has 0 saturated heterocycles. The largest absolute Gasteiger partial charge is 0.336 e. The smallest absolute Gasteiger partial charge is 0.269 e. The van der Waals surface area contributed by atoms with E-state index in [4.69, 9.17) is 0 Å². The van der Waals surface area contributed by atoms with Gasteiger partial charge in [-0.2, -0.15) is 0 Å². The zero-order chi connectivity index (χ0) is 90.9. The van der Waals surface area contributed by atoms with Gasteiger partial charge < -0.3 is 18.3 Å². The van der Waals surface area contributed by atoms with E-state index in [0.717, 1.165) is 0 Å². The Morgan fingerprint density at radius 2 is 0.331 bits per heavy atom. The maximum absolute atomic E-state index is 15.7. The van der Waals surface area contributed by atoms with Crippen molar-refractivity contribution in [1.82, 2.24) is 18.3 Å². The molecule has 0 radical (unpaired) electrons. The van der Waals surface area contributed by atoms with Crippen molar-refractivity contribution < 1.29 is 38.9 Å². The number of nitro groups is 4. The number of carbonyl (C=O) groups excluding carboxylic acids is 4. The van der Waals surface area contributed by atoms with Crippen LogP contribution in [0.5, 0.6) is 0 Å². The van der Waals surface area contributed by atoms with Gasteiger partial charge in [-0.3, -0.25) is 59.6 Å². The Balaban J connectivity index is 1.40. The highest BCUT2D eigenvalue weighted by Crippen LogP contribution is 2.52. The molecule has 5 aliphatic rings. The Labute approximate surface area is 726 Å². The molecule has 640 valence electrons. The molecule has 1 aliphatic heterocycles. The highest BCUT2D eigenvalue weighted by Gasteiger charge is 2.43. The van der Waals surface area contributed by atoms with Crippen molar-refractivity contribution in [2.45, 2.75) is 192 Å². The average molecular weight is 1670 g/mol. The number of benzene rings is 4. The molecule has 4 aliphatic carbocycles. The number of fused-ring (bicyclic) bond motifs is 8. The molecule has 0 fully saturated rings. The van der Waals surface area contributed by atoms with Crippen LogP contribution in [0.25, 0.3) is 22.3 Å². The Kier molecular flexibility index (Phi) is 22.8. The molecule has 0 atom stereocenters. The molecule has 20 nitrogen and oxygen atoms in total. The normalized spacial score (nSPS) is 16.1. The number of hydrogen-bond acceptors (Lipinski definition) is 12. The van der Waals surface area contributed by atoms with Gasteiger partial charge in [0.05, 0.1) is 65.2 Å². The van der Waals surface area contributed by atoms with Crippen molar-refractivity contribution in [1.29, 1.82) is 0 Å². The molecular weight excluding hydrogens is 1550 g/mol. The second kappa shape index (κ2) is 31.8. The van der Waals surface area contributed by atoms with Gasteiger partial charge in [-0.05, 0) is 185 Å². The maximum atomic E-state index is 15.7. The lowest BCUT2D eigenvalue weighted by atomic mass is 9.71. The molecule has 0 N–H and O–H groups in total. The summed E-state index contributed by atoms with van der Waals surface area (Å²) in [6, 6.07) is 42.2. The molecule has 20 heteroatoms. The molecule has 8 aromatic rings. The fourth-order valence-corrected chi connectivity index (χ4v) is 17.2. The second-order valence-electron chi connectivity index (χ2n) is 41.6. The Morgan fingerprint density at radius 1 is 0.210 bits per heavy atom. The summed E-state index contributed by atoms with van der Waals surface area (Å²) < 4.78 is 8.81. The highest BCUT2D eigenvalue weighted by molar-refractivity contribution is 6.16. The number of rotatable bonds is 12. The van der Waals surface area contributed by atoms with E-state index in [1.807, 2.05) is 215 Å². The molecular formula is C104H112N8O12. The van der Waals surface area contributed by atoms with Crippen LogP contribution in [-0.2, 0) is 45.4 Å². The van der Waals surface area contributed by atoms with Crippen molar-refractivity contribution >= 4 is 68.2 Å². The molecule has 0 amide bonds. The van der Waals surface area contributed by atoms with Crippen LogP contribution < -0.4 is 0 Å². The van der Waals surface area contributed by atoms with Crippen molar-refractivity contribution in [2.24, 2.45) is 43.3 Å². The number of ketones is 4. The van der Waals surface area contributed by atoms with Crippen LogP contribution >= 0.6 is 0 Å². The number of nitro benzene ring substituents is 4. The van der Waals surface area contributed by atoms with Crippen LogP contribution in [0.3, 0.4) is 0 Å². The van der Waals surface area contributed by atoms with Crippen LogP contribution in [0, 0.1) is 83.8 Å². The number of allylic oxidation sites excluding steroid dienone is 20. The summed E-state index contributed by atoms with van der Waals surface area (Å²) in [7, 11) is 0. The van der Waals surface area contributed by atoms with Gasteiger partial charge in [-0.25, -0.2) is 0 Å². The Morgan fingerprint density at radius 3 is 0.435 bits per heavy atom. The minimum absolute atomic E-state index is 0.0236. The molecule has 124 heavy (non-hydrogen) atoms. The summed E-state index contributed by atoms with van der Waals surface area (Å²) in [5.41, 5.74) is 9.74. The van der Waals surface area contributed by atoms with E-state index < -0.39 is 63.0 Å². The van der Waals surface area contributed by atoms with E-state index in [-0.39, 0.29) is 72.1 Å². The first-order valence-electron chi connectivity index (χ1n) is 42.2. The van der Waals surface area contributed by atoms with E-state index in [2.05, 4.69) is 66.8 Å². The minimum atomic E-state index is -0.771. The summed E-state index contributed by atoms with van der Waals surface area (Å²) in [5, 5.41) is 51.1. The quantitative estimate of drug-likeness (QED) is 0.0817. The lowest BCUT2D eigenvalue weighted by molar-refractivity contribution is -0.385. The number of non-ortho nitro benzene ring substituents is 4. The van der Waals surface area contributed by atoms with E-state index >= 15 is 19.2 Å². The second-order valence-corrected chi connectivity index (χ2v) is 41.6. The highest BCUT2D eigenvalue weighted by atomic mass is 16.6. The van der Waals surface area contributed by atoms with Gasteiger partial charge in [-0.1, -0.05) is 215 Å². The molecule has 4 aromatic heterocycles. The molecule has 0 spiro atoms. The summed E-state index contributed by atoms with van der Waals surface area (Å²) >= 11 is 0. The van der Waals surface area contributed by atoms with E-state index in [0.29, 0.717) is 157 Å². The van der Waals surface area contributed by atoms with Crippen molar-refractivity contribution in [3.8, 4) is 0 Å². The zero-order valence-electron chi connectivity index (χ0n) is 75.8. The minimum Gasteiger partial charge on any atom is -0.336 e. The van der Waals surface area contributed by atoms with Gasteiger partial charge in [-0.15, -0.1) is 0 Å². The molecule has 13 rings (SSSR count). The van der Waals surface area contributed by atoms with Gasteiger partial charge in [0, 0.05) is 142 Å². The predicted octanol–water partition coefficient (Wildman–Crippen LogP) is 24.4.